The molecule has 19 heavy (non-hydrogen) atoms. The first kappa shape index (κ1) is 12.3. The maximum Gasteiger partial charge on any atom is 0.0644 e. The van der Waals surface area contributed by atoms with Gasteiger partial charge in [-0.05, 0) is 37.1 Å². The molecular weight excluding hydrogens is 240 g/mol. The molecule has 5 nitrogen and oxygen atoms in total. The molecule has 100 valence electrons. The molecule has 5 heteroatoms. The van der Waals surface area contributed by atoms with Crippen LogP contribution in [0.4, 0.5) is 0 Å². The molecule has 0 amide bonds. The molecule has 1 fully saturated rings. The van der Waals surface area contributed by atoms with Crippen molar-refractivity contribution in [2.45, 2.75) is 25.4 Å². The van der Waals surface area contributed by atoms with Gasteiger partial charge in [0.1, 0.15) is 0 Å². The monoisotopic (exact) mass is 258 g/mol. The number of hydrogen-bond donors (Lipinski definition) is 2. The molecule has 1 aliphatic heterocycles. The van der Waals surface area contributed by atoms with Crippen LogP contribution in [0.25, 0.3) is 11.1 Å². The second-order valence-corrected chi connectivity index (χ2v) is 4.78. The van der Waals surface area contributed by atoms with E-state index in [-0.39, 0.29) is 6.61 Å². The Balaban J connectivity index is 2.04. The van der Waals surface area contributed by atoms with Crippen molar-refractivity contribution in [2.24, 2.45) is 0 Å². The van der Waals surface area contributed by atoms with Crippen LogP contribution in [-0.2, 0) is 6.54 Å². The van der Waals surface area contributed by atoms with Crippen LogP contribution in [0.15, 0.2) is 30.7 Å². The highest BCUT2D eigenvalue weighted by molar-refractivity contribution is 5.65. The van der Waals surface area contributed by atoms with Gasteiger partial charge in [-0.1, -0.05) is 0 Å². The van der Waals surface area contributed by atoms with Crippen molar-refractivity contribution in [3.8, 4) is 11.1 Å². The highest BCUT2D eigenvalue weighted by Crippen LogP contribution is 2.32. The summed E-state index contributed by atoms with van der Waals surface area (Å²) in [5.74, 6) is 0. The zero-order valence-electron chi connectivity index (χ0n) is 10.8. The number of hydrogen-bond acceptors (Lipinski definition) is 4. The van der Waals surface area contributed by atoms with Crippen LogP contribution in [-0.4, -0.2) is 33.0 Å². The fourth-order valence-corrected chi connectivity index (χ4v) is 2.71. The number of nitrogens with zero attached hydrogens (tertiary/aromatic N) is 3. The molecule has 3 heterocycles. The van der Waals surface area contributed by atoms with Gasteiger partial charge in [0, 0.05) is 24.0 Å². The van der Waals surface area contributed by atoms with Gasteiger partial charge in [-0.25, -0.2) is 0 Å². The lowest BCUT2D eigenvalue weighted by Crippen LogP contribution is -2.19. The van der Waals surface area contributed by atoms with E-state index in [1.807, 2.05) is 23.0 Å². The third kappa shape index (κ3) is 2.39. The van der Waals surface area contributed by atoms with Crippen molar-refractivity contribution in [3.05, 3.63) is 36.4 Å². The normalized spacial score (nSPS) is 18.9. The van der Waals surface area contributed by atoms with E-state index in [1.165, 1.54) is 12.1 Å². The molecule has 0 aliphatic carbocycles. The number of aliphatic hydroxyl groups excluding tert-OH is 1. The second kappa shape index (κ2) is 5.50. The van der Waals surface area contributed by atoms with Crippen molar-refractivity contribution in [2.75, 3.05) is 13.2 Å². The molecule has 1 saturated heterocycles. The van der Waals surface area contributed by atoms with Crippen LogP contribution in [0.5, 0.6) is 0 Å². The van der Waals surface area contributed by atoms with Gasteiger partial charge >= 0.3 is 0 Å². The zero-order valence-corrected chi connectivity index (χ0v) is 10.8. The summed E-state index contributed by atoms with van der Waals surface area (Å²) in [7, 11) is 0. The van der Waals surface area contributed by atoms with Crippen molar-refractivity contribution in [1.82, 2.24) is 20.1 Å². The van der Waals surface area contributed by atoms with E-state index in [0.29, 0.717) is 12.6 Å². The van der Waals surface area contributed by atoms with Gasteiger partial charge in [0.05, 0.1) is 25.0 Å². The molecule has 0 unspecified atom stereocenters. The zero-order chi connectivity index (χ0) is 13.1. The fraction of sp³-hybridized carbons (Fsp3) is 0.429. The summed E-state index contributed by atoms with van der Waals surface area (Å²) in [6, 6.07) is 4.33. The highest BCUT2D eigenvalue weighted by Gasteiger charge is 2.24. The smallest absolute Gasteiger partial charge is 0.0644 e. The minimum Gasteiger partial charge on any atom is -0.394 e. The predicted molar refractivity (Wildman–Crippen MR) is 72.5 cm³/mol. The third-order valence-corrected chi connectivity index (χ3v) is 3.57. The Kier molecular flexibility index (Phi) is 3.57. The summed E-state index contributed by atoms with van der Waals surface area (Å²) in [6.07, 6.45) is 7.79. The molecule has 2 aromatic heterocycles. The van der Waals surface area contributed by atoms with Crippen molar-refractivity contribution in [1.29, 1.82) is 0 Å². The van der Waals surface area contributed by atoms with Crippen molar-refractivity contribution >= 4 is 0 Å². The summed E-state index contributed by atoms with van der Waals surface area (Å²) >= 11 is 0. The molecule has 0 radical (unpaired) electrons. The Bertz CT molecular complexity index is 532. The maximum atomic E-state index is 9.18. The fourth-order valence-electron chi connectivity index (χ4n) is 2.71. The molecule has 2 N–H and O–H groups in total. The number of nitrogens with one attached hydrogen (secondary N) is 1. The minimum absolute atomic E-state index is 0.108. The summed E-state index contributed by atoms with van der Waals surface area (Å²) < 4.78 is 1.92. The largest absolute Gasteiger partial charge is 0.394 e. The minimum atomic E-state index is 0.108. The summed E-state index contributed by atoms with van der Waals surface area (Å²) in [5, 5.41) is 17.1. The van der Waals surface area contributed by atoms with Crippen molar-refractivity contribution < 1.29 is 5.11 Å². The van der Waals surface area contributed by atoms with Crippen LogP contribution in [0.2, 0.25) is 0 Å². The Morgan fingerprint density at radius 3 is 2.89 bits per heavy atom. The highest BCUT2D eigenvalue weighted by atomic mass is 16.3. The van der Waals surface area contributed by atoms with Crippen LogP contribution in [0.1, 0.15) is 24.6 Å². The maximum absolute atomic E-state index is 9.18. The first-order valence-electron chi connectivity index (χ1n) is 6.70. The Hall–Kier alpha value is -1.72. The first-order valence-corrected chi connectivity index (χ1v) is 6.70. The van der Waals surface area contributed by atoms with Gasteiger partial charge in [0.25, 0.3) is 0 Å². The Morgan fingerprint density at radius 1 is 1.37 bits per heavy atom. The molecule has 0 bridgehead atoms. The quantitative estimate of drug-likeness (QED) is 0.869. The molecule has 0 spiro atoms. The topological polar surface area (TPSA) is 63.0 Å². The number of rotatable bonds is 4. The standard InChI is InChI=1S/C14H18N4O/c19-9-8-18-14(13-2-1-5-16-13)12(10-17-18)11-3-6-15-7-4-11/h3-4,6-7,10,13,16,19H,1-2,5,8-9H2/t13-/m1/s1. The number of aromatic nitrogens is 3. The first-order chi connectivity index (χ1) is 9.40. The molecule has 0 saturated carbocycles. The van der Waals surface area contributed by atoms with Crippen LogP contribution in [0, 0.1) is 0 Å². The SMILES string of the molecule is OCCn1ncc(-c2ccncc2)c1[C@H]1CCCN1. The van der Waals surface area contributed by atoms with E-state index in [0.717, 1.165) is 24.1 Å². The van der Waals surface area contributed by atoms with Crippen LogP contribution >= 0.6 is 0 Å². The van der Waals surface area contributed by atoms with E-state index >= 15 is 0 Å². The molecule has 1 atom stereocenters. The van der Waals surface area contributed by atoms with Crippen molar-refractivity contribution in [3.63, 3.8) is 0 Å². The lowest BCUT2D eigenvalue weighted by Gasteiger charge is -2.15. The van der Waals surface area contributed by atoms with E-state index < -0.39 is 0 Å². The van der Waals surface area contributed by atoms with Crippen LogP contribution in [0.3, 0.4) is 0 Å². The Morgan fingerprint density at radius 2 is 2.21 bits per heavy atom. The van der Waals surface area contributed by atoms with Gasteiger partial charge < -0.3 is 10.4 Å². The van der Waals surface area contributed by atoms with Crippen LogP contribution < -0.4 is 5.32 Å². The van der Waals surface area contributed by atoms with E-state index in [2.05, 4.69) is 15.4 Å². The molecule has 1 aliphatic rings. The van der Waals surface area contributed by atoms with Gasteiger partial charge in [-0.15, -0.1) is 0 Å². The predicted octanol–water partition coefficient (Wildman–Crippen LogP) is 1.36. The lowest BCUT2D eigenvalue weighted by molar-refractivity contribution is 0.265. The van der Waals surface area contributed by atoms with Gasteiger partial charge in [-0.3, -0.25) is 9.67 Å². The molecule has 3 rings (SSSR count). The average molecular weight is 258 g/mol. The average Bonchev–Trinajstić information content (AvgIpc) is 3.08. The summed E-state index contributed by atoms with van der Waals surface area (Å²) in [4.78, 5) is 4.06. The lowest BCUT2D eigenvalue weighted by atomic mass is 10.0. The third-order valence-electron chi connectivity index (χ3n) is 3.57. The second-order valence-electron chi connectivity index (χ2n) is 4.78. The Labute approximate surface area is 112 Å². The summed E-state index contributed by atoms with van der Waals surface area (Å²) in [5.41, 5.74) is 3.44. The number of aliphatic hydroxyl groups is 1. The van der Waals surface area contributed by atoms with E-state index in [9.17, 15) is 5.11 Å². The number of pyridine rings is 1. The van der Waals surface area contributed by atoms with E-state index in [1.54, 1.807) is 12.4 Å². The van der Waals surface area contributed by atoms with E-state index in [4.69, 9.17) is 0 Å². The van der Waals surface area contributed by atoms with Gasteiger partial charge in [-0.2, -0.15) is 5.10 Å². The molecular formula is C14H18N4O. The molecule has 2 aromatic rings. The molecule has 0 aromatic carbocycles. The van der Waals surface area contributed by atoms with Gasteiger partial charge in [0.2, 0.25) is 0 Å². The van der Waals surface area contributed by atoms with Gasteiger partial charge in [0.15, 0.2) is 0 Å². The summed E-state index contributed by atoms with van der Waals surface area (Å²) in [6.45, 7) is 1.69.